The summed E-state index contributed by atoms with van der Waals surface area (Å²) in [6, 6.07) is 12.2. The number of aliphatic imine (C=N–C) groups is 1. The summed E-state index contributed by atoms with van der Waals surface area (Å²) in [5.41, 5.74) is 5.58. The maximum Gasteiger partial charge on any atom is 0.0703 e. The van der Waals surface area contributed by atoms with Gasteiger partial charge in [-0.05, 0) is 44.2 Å². The van der Waals surface area contributed by atoms with Gasteiger partial charge in [-0.2, -0.15) is 0 Å². The zero-order valence-corrected chi connectivity index (χ0v) is 12.0. The SMILES string of the molecule is Cc1cc(C=Nc2ccc3ncccc3c2)c(C)n1C. The Morgan fingerprint density at radius 1 is 1.15 bits per heavy atom. The van der Waals surface area contributed by atoms with E-state index in [2.05, 4.69) is 53.6 Å². The highest BCUT2D eigenvalue weighted by atomic mass is 14.9. The molecule has 3 nitrogen and oxygen atoms in total. The van der Waals surface area contributed by atoms with Crippen LogP contribution in [0.1, 0.15) is 17.0 Å². The largest absolute Gasteiger partial charge is 0.352 e. The molecule has 20 heavy (non-hydrogen) atoms. The van der Waals surface area contributed by atoms with Gasteiger partial charge in [-0.25, -0.2) is 0 Å². The van der Waals surface area contributed by atoms with Gasteiger partial charge in [0.25, 0.3) is 0 Å². The van der Waals surface area contributed by atoms with Crippen LogP contribution in [0.2, 0.25) is 0 Å². The Morgan fingerprint density at radius 2 is 2.00 bits per heavy atom. The molecule has 0 saturated heterocycles. The fourth-order valence-electron chi connectivity index (χ4n) is 2.30. The van der Waals surface area contributed by atoms with E-state index in [1.54, 1.807) is 6.20 Å². The predicted octanol–water partition coefficient (Wildman–Crippen LogP) is 3.94. The van der Waals surface area contributed by atoms with Crippen molar-refractivity contribution in [1.29, 1.82) is 0 Å². The van der Waals surface area contributed by atoms with Crippen molar-refractivity contribution < 1.29 is 0 Å². The average molecular weight is 263 g/mol. The highest BCUT2D eigenvalue weighted by Gasteiger charge is 2.03. The minimum Gasteiger partial charge on any atom is -0.352 e. The van der Waals surface area contributed by atoms with E-state index in [0.717, 1.165) is 22.2 Å². The van der Waals surface area contributed by atoms with Gasteiger partial charge >= 0.3 is 0 Å². The molecule has 0 bridgehead atoms. The summed E-state index contributed by atoms with van der Waals surface area (Å²) in [6.07, 6.45) is 3.74. The molecule has 3 rings (SSSR count). The fraction of sp³-hybridized carbons (Fsp3) is 0.176. The molecule has 2 aromatic heterocycles. The topological polar surface area (TPSA) is 30.2 Å². The summed E-state index contributed by atoms with van der Waals surface area (Å²) in [5.74, 6) is 0. The summed E-state index contributed by atoms with van der Waals surface area (Å²) in [5, 5.41) is 1.11. The first kappa shape index (κ1) is 12.6. The highest BCUT2D eigenvalue weighted by Crippen LogP contribution is 2.20. The molecule has 0 aliphatic rings. The van der Waals surface area contributed by atoms with Gasteiger partial charge in [-0.15, -0.1) is 0 Å². The molecule has 0 aliphatic carbocycles. The normalized spacial score (nSPS) is 11.6. The van der Waals surface area contributed by atoms with Crippen LogP contribution in [0.25, 0.3) is 10.9 Å². The van der Waals surface area contributed by atoms with Crippen LogP contribution in [0.5, 0.6) is 0 Å². The van der Waals surface area contributed by atoms with Crippen molar-refractivity contribution in [2.75, 3.05) is 0 Å². The third-order valence-corrected chi connectivity index (χ3v) is 3.75. The molecule has 0 unspecified atom stereocenters. The molecule has 1 aromatic carbocycles. The van der Waals surface area contributed by atoms with Crippen molar-refractivity contribution in [2.45, 2.75) is 13.8 Å². The zero-order chi connectivity index (χ0) is 14.1. The predicted molar refractivity (Wildman–Crippen MR) is 83.9 cm³/mol. The van der Waals surface area contributed by atoms with E-state index in [1.807, 2.05) is 24.4 Å². The second kappa shape index (κ2) is 4.93. The van der Waals surface area contributed by atoms with Gasteiger partial charge in [0, 0.05) is 41.8 Å². The minimum absolute atomic E-state index is 0.950. The Hall–Kier alpha value is -2.42. The van der Waals surface area contributed by atoms with Gasteiger partial charge in [0.15, 0.2) is 0 Å². The van der Waals surface area contributed by atoms with E-state index >= 15 is 0 Å². The Morgan fingerprint density at radius 3 is 2.75 bits per heavy atom. The van der Waals surface area contributed by atoms with E-state index in [0.29, 0.717) is 0 Å². The maximum absolute atomic E-state index is 4.58. The fourth-order valence-corrected chi connectivity index (χ4v) is 2.30. The Labute approximate surface area is 118 Å². The summed E-state index contributed by atoms with van der Waals surface area (Å²) in [6.45, 7) is 4.21. The van der Waals surface area contributed by atoms with Crippen molar-refractivity contribution in [3.8, 4) is 0 Å². The van der Waals surface area contributed by atoms with Gasteiger partial charge in [0.2, 0.25) is 0 Å². The molecule has 0 atom stereocenters. The first-order chi connectivity index (χ1) is 9.65. The van der Waals surface area contributed by atoms with Crippen LogP contribution in [-0.4, -0.2) is 15.8 Å². The second-order valence-electron chi connectivity index (χ2n) is 5.02. The summed E-state index contributed by atoms with van der Waals surface area (Å²) < 4.78 is 2.17. The minimum atomic E-state index is 0.950. The Bertz CT molecular complexity index is 797. The maximum atomic E-state index is 4.58. The van der Waals surface area contributed by atoms with Gasteiger partial charge < -0.3 is 4.57 Å². The molecule has 0 amide bonds. The van der Waals surface area contributed by atoms with Crippen LogP contribution in [0.15, 0.2) is 47.6 Å². The number of rotatable bonds is 2. The lowest BCUT2D eigenvalue weighted by molar-refractivity contribution is 0.843. The van der Waals surface area contributed by atoms with Crippen molar-refractivity contribution >= 4 is 22.8 Å². The Kier molecular flexibility index (Phi) is 3.11. The number of pyridine rings is 1. The summed E-state index contributed by atoms with van der Waals surface area (Å²) in [7, 11) is 2.07. The number of hydrogen-bond acceptors (Lipinski definition) is 2. The molecule has 0 spiro atoms. The number of aromatic nitrogens is 2. The van der Waals surface area contributed by atoms with Crippen LogP contribution in [-0.2, 0) is 7.05 Å². The lowest BCUT2D eigenvalue weighted by Crippen LogP contribution is -1.93. The molecule has 3 heteroatoms. The van der Waals surface area contributed by atoms with E-state index < -0.39 is 0 Å². The number of aryl methyl sites for hydroxylation is 1. The van der Waals surface area contributed by atoms with Crippen LogP contribution in [0, 0.1) is 13.8 Å². The first-order valence-electron chi connectivity index (χ1n) is 6.67. The summed E-state index contributed by atoms with van der Waals surface area (Å²) in [4.78, 5) is 8.89. The van der Waals surface area contributed by atoms with Crippen molar-refractivity contribution in [1.82, 2.24) is 9.55 Å². The smallest absolute Gasteiger partial charge is 0.0703 e. The molecular weight excluding hydrogens is 246 g/mol. The second-order valence-corrected chi connectivity index (χ2v) is 5.02. The van der Waals surface area contributed by atoms with Gasteiger partial charge in [-0.3, -0.25) is 9.98 Å². The molecule has 0 N–H and O–H groups in total. The standard InChI is InChI=1S/C17H17N3/c1-12-9-15(13(2)20(12)3)11-19-16-6-7-17-14(10-16)5-4-8-18-17/h4-11H,1-3H3. The average Bonchev–Trinajstić information content (AvgIpc) is 2.72. The number of hydrogen-bond donors (Lipinski definition) is 0. The van der Waals surface area contributed by atoms with Crippen molar-refractivity contribution in [2.24, 2.45) is 12.0 Å². The van der Waals surface area contributed by atoms with E-state index in [4.69, 9.17) is 0 Å². The quantitative estimate of drug-likeness (QED) is 0.644. The van der Waals surface area contributed by atoms with Gasteiger partial charge in [-0.1, -0.05) is 6.07 Å². The molecule has 100 valence electrons. The van der Waals surface area contributed by atoms with E-state index in [1.165, 1.54) is 11.4 Å². The van der Waals surface area contributed by atoms with E-state index in [9.17, 15) is 0 Å². The van der Waals surface area contributed by atoms with E-state index in [-0.39, 0.29) is 0 Å². The lowest BCUT2D eigenvalue weighted by Gasteiger charge is -1.99. The van der Waals surface area contributed by atoms with Crippen LogP contribution in [0.4, 0.5) is 5.69 Å². The third kappa shape index (κ3) is 2.23. The molecule has 0 saturated carbocycles. The molecule has 0 radical (unpaired) electrons. The van der Waals surface area contributed by atoms with Gasteiger partial charge in [0.1, 0.15) is 0 Å². The van der Waals surface area contributed by atoms with Crippen LogP contribution in [0.3, 0.4) is 0 Å². The Balaban J connectivity index is 1.95. The number of benzene rings is 1. The molecule has 2 heterocycles. The summed E-state index contributed by atoms with van der Waals surface area (Å²) >= 11 is 0. The molecule has 3 aromatic rings. The molecule has 0 aliphatic heterocycles. The highest BCUT2D eigenvalue weighted by molar-refractivity contribution is 5.86. The van der Waals surface area contributed by atoms with Crippen molar-refractivity contribution in [3.63, 3.8) is 0 Å². The molecular formula is C17H17N3. The number of nitrogens with zero attached hydrogens (tertiary/aromatic N) is 3. The zero-order valence-electron chi connectivity index (χ0n) is 12.0. The molecule has 0 fully saturated rings. The van der Waals surface area contributed by atoms with Crippen LogP contribution >= 0.6 is 0 Å². The first-order valence-corrected chi connectivity index (χ1v) is 6.67. The van der Waals surface area contributed by atoms with Crippen LogP contribution < -0.4 is 0 Å². The van der Waals surface area contributed by atoms with Gasteiger partial charge in [0.05, 0.1) is 11.2 Å². The van der Waals surface area contributed by atoms with Crippen molar-refractivity contribution in [3.05, 3.63) is 59.5 Å². The number of fused-ring (bicyclic) bond motifs is 1. The third-order valence-electron chi connectivity index (χ3n) is 3.75. The monoisotopic (exact) mass is 263 g/mol. The lowest BCUT2D eigenvalue weighted by atomic mass is 10.2.